The van der Waals surface area contributed by atoms with Gasteiger partial charge in [0.2, 0.25) is 0 Å². The van der Waals surface area contributed by atoms with Crippen molar-refractivity contribution >= 4 is 17.9 Å². The third-order valence-corrected chi connectivity index (χ3v) is 2.63. The van der Waals surface area contributed by atoms with Crippen LogP contribution in [0.5, 0.6) is 0 Å². The molecule has 1 rings (SSSR count). The van der Waals surface area contributed by atoms with Crippen LogP contribution in [0.15, 0.2) is 0 Å². The fraction of sp³-hybridized carbons (Fsp3) is 0.700. The van der Waals surface area contributed by atoms with E-state index in [1.165, 1.54) is 0 Å². The summed E-state index contributed by atoms with van der Waals surface area (Å²) in [5, 5.41) is 8.90. The molecule has 0 aromatic carbocycles. The van der Waals surface area contributed by atoms with Crippen LogP contribution in [0, 0.1) is 11.8 Å². The van der Waals surface area contributed by atoms with E-state index >= 15 is 0 Å². The van der Waals surface area contributed by atoms with Crippen LogP contribution < -0.4 is 0 Å². The number of carbonyl (C=O) groups excluding carboxylic acids is 2. The molecule has 0 spiro atoms. The molecule has 15 heavy (non-hydrogen) atoms. The van der Waals surface area contributed by atoms with Crippen molar-refractivity contribution in [2.75, 3.05) is 0 Å². The molecule has 1 saturated carbocycles. The van der Waals surface area contributed by atoms with E-state index in [-0.39, 0.29) is 0 Å². The van der Waals surface area contributed by atoms with Gasteiger partial charge >= 0.3 is 17.9 Å². The van der Waals surface area contributed by atoms with Gasteiger partial charge in [0.1, 0.15) is 0 Å². The predicted molar refractivity (Wildman–Crippen MR) is 49.9 cm³/mol. The molecule has 1 N–H and O–H groups in total. The third-order valence-electron chi connectivity index (χ3n) is 2.63. The second-order valence-corrected chi connectivity index (χ2v) is 3.75. The zero-order chi connectivity index (χ0) is 11.4. The maximum atomic E-state index is 11.4. The van der Waals surface area contributed by atoms with Crippen LogP contribution in [-0.2, 0) is 19.1 Å². The largest absolute Gasteiger partial charge is 0.481 e. The first-order valence-electron chi connectivity index (χ1n) is 4.97. The maximum Gasteiger partial charge on any atom is 0.317 e. The van der Waals surface area contributed by atoms with Crippen LogP contribution >= 0.6 is 0 Å². The SMILES string of the molecule is CC(=O)OC(=O)C1CCCCC1C(=O)O. The Morgan fingerprint density at radius 3 is 2.13 bits per heavy atom. The number of rotatable bonds is 2. The topological polar surface area (TPSA) is 80.7 Å². The molecular formula is C10H14O5. The molecule has 0 aromatic heterocycles. The van der Waals surface area contributed by atoms with Gasteiger partial charge in [0.15, 0.2) is 0 Å². The Hall–Kier alpha value is -1.39. The summed E-state index contributed by atoms with van der Waals surface area (Å²) >= 11 is 0. The molecule has 2 unspecified atom stereocenters. The van der Waals surface area contributed by atoms with E-state index in [1.807, 2.05) is 0 Å². The van der Waals surface area contributed by atoms with Crippen LogP contribution in [0.25, 0.3) is 0 Å². The summed E-state index contributed by atoms with van der Waals surface area (Å²) in [6, 6.07) is 0. The van der Waals surface area contributed by atoms with Crippen molar-refractivity contribution in [3.8, 4) is 0 Å². The number of hydrogen-bond donors (Lipinski definition) is 1. The highest BCUT2D eigenvalue weighted by Gasteiger charge is 2.37. The van der Waals surface area contributed by atoms with E-state index in [4.69, 9.17) is 5.11 Å². The highest BCUT2D eigenvalue weighted by molar-refractivity contribution is 5.88. The summed E-state index contributed by atoms with van der Waals surface area (Å²) in [6.45, 7) is 1.14. The van der Waals surface area contributed by atoms with E-state index in [9.17, 15) is 14.4 Å². The highest BCUT2D eigenvalue weighted by Crippen LogP contribution is 2.31. The first kappa shape index (κ1) is 11.7. The smallest absolute Gasteiger partial charge is 0.317 e. The first-order valence-corrected chi connectivity index (χ1v) is 4.97. The lowest BCUT2D eigenvalue weighted by atomic mass is 9.79. The standard InChI is InChI=1S/C10H14O5/c1-6(11)15-10(14)8-5-3-2-4-7(8)9(12)13/h7-8H,2-5H2,1H3,(H,12,13). The molecule has 1 aliphatic carbocycles. The van der Waals surface area contributed by atoms with Gasteiger partial charge in [0, 0.05) is 6.92 Å². The van der Waals surface area contributed by atoms with Crippen LogP contribution in [0.3, 0.4) is 0 Å². The number of hydrogen-bond acceptors (Lipinski definition) is 4. The van der Waals surface area contributed by atoms with E-state index < -0.39 is 29.7 Å². The zero-order valence-electron chi connectivity index (χ0n) is 8.56. The van der Waals surface area contributed by atoms with Crippen molar-refractivity contribution in [1.82, 2.24) is 0 Å². The molecule has 84 valence electrons. The molecule has 5 heteroatoms. The lowest BCUT2D eigenvalue weighted by molar-refractivity contribution is -0.167. The summed E-state index contributed by atoms with van der Waals surface area (Å²) in [5.41, 5.74) is 0. The number of carboxylic acid groups (broad SMARTS) is 1. The van der Waals surface area contributed by atoms with Crippen molar-refractivity contribution in [2.45, 2.75) is 32.6 Å². The zero-order valence-corrected chi connectivity index (χ0v) is 8.56. The maximum absolute atomic E-state index is 11.4. The van der Waals surface area contributed by atoms with Gasteiger partial charge in [-0.05, 0) is 12.8 Å². The molecule has 5 nitrogen and oxygen atoms in total. The Bertz CT molecular complexity index is 284. The lowest BCUT2D eigenvalue weighted by Gasteiger charge is -2.25. The first-order chi connectivity index (χ1) is 7.02. The summed E-state index contributed by atoms with van der Waals surface area (Å²) in [7, 11) is 0. The minimum absolute atomic E-state index is 0.479. The number of carbonyl (C=O) groups is 3. The number of carboxylic acids is 1. The second kappa shape index (κ2) is 4.91. The van der Waals surface area contributed by atoms with E-state index in [1.54, 1.807) is 0 Å². The van der Waals surface area contributed by atoms with Crippen molar-refractivity contribution in [1.29, 1.82) is 0 Å². The fourth-order valence-corrected chi connectivity index (χ4v) is 1.93. The lowest BCUT2D eigenvalue weighted by Crippen LogP contribution is -2.34. The average molecular weight is 214 g/mol. The van der Waals surface area contributed by atoms with Crippen LogP contribution in [0.4, 0.5) is 0 Å². The van der Waals surface area contributed by atoms with Crippen molar-refractivity contribution in [3.05, 3.63) is 0 Å². The summed E-state index contributed by atoms with van der Waals surface area (Å²) in [4.78, 5) is 32.9. The monoisotopic (exact) mass is 214 g/mol. The Kier molecular flexibility index (Phi) is 3.82. The molecule has 0 aromatic rings. The molecule has 1 aliphatic rings. The summed E-state index contributed by atoms with van der Waals surface area (Å²) in [5.74, 6) is -3.74. The average Bonchev–Trinajstić information content (AvgIpc) is 2.16. The molecule has 2 atom stereocenters. The Labute approximate surface area is 87.4 Å². The van der Waals surface area contributed by atoms with E-state index in [2.05, 4.69) is 4.74 Å². The van der Waals surface area contributed by atoms with Gasteiger partial charge in [-0.3, -0.25) is 14.4 Å². The summed E-state index contributed by atoms with van der Waals surface area (Å²) in [6.07, 6.45) is 2.58. The minimum atomic E-state index is -0.986. The van der Waals surface area contributed by atoms with Gasteiger partial charge in [0.25, 0.3) is 0 Å². The molecule has 0 radical (unpaired) electrons. The molecule has 0 aliphatic heterocycles. The van der Waals surface area contributed by atoms with Crippen LogP contribution in [0.2, 0.25) is 0 Å². The van der Waals surface area contributed by atoms with Crippen molar-refractivity contribution in [3.63, 3.8) is 0 Å². The van der Waals surface area contributed by atoms with Gasteiger partial charge in [-0.15, -0.1) is 0 Å². The van der Waals surface area contributed by atoms with Gasteiger partial charge in [-0.1, -0.05) is 12.8 Å². The number of esters is 2. The van der Waals surface area contributed by atoms with Gasteiger partial charge in [-0.2, -0.15) is 0 Å². The van der Waals surface area contributed by atoms with Crippen LogP contribution in [-0.4, -0.2) is 23.0 Å². The van der Waals surface area contributed by atoms with Crippen molar-refractivity contribution < 1.29 is 24.2 Å². The fourth-order valence-electron chi connectivity index (χ4n) is 1.93. The quantitative estimate of drug-likeness (QED) is 0.547. The van der Waals surface area contributed by atoms with Gasteiger partial charge < -0.3 is 9.84 Å². The second-order valence-electron chi connectivity index (χ2n) is 3.75. The minimum Gasteiger partial charge on any atom is -0.481 e. The van der Waals surface area contributed by atoms with Gasteiger partial charge in [-0.25, -0.2) is 0 Å². The molecule has 0 saturated heterocycles. The van der Waals surface area contributed by atoms with Crippen molar-refractivity contribution in [2.24, 2.45) is 11.8 Å². The molecule has 0 bridgehead atoms. The molecular weight excluding hydrogens is 200 g/mol. The third kappa shape index (κ3) is 3.04. The van der Waals surface area contributed by atoms with E-state index in [0.29, 0.717) is 12.8 Å². The van der Waals surface area contributed by atoms with Gasteiger partial charge in [0.05, 0.1) is 11.8 Å². The highest BCUT2D eigenvalue weighted by atomic mass is 16.6. The van der Waals surface area contributed by atoms with Crippen LogP contribution in [0.1, 0.15) is 32.6 Å². The Balaban J connectivity index is 2.67. The normalized spacial score (nSPS) is 25.7. The predicted octanol–water partition coefficient (Wildman–Crippen LogP) is 0.967. The Morgan fingerprint density at radius 1 is 1.13 bits per heavy atom. The van der Waals surface area contributed by atoms with E-state index in [0.717, 1.165) is 19.8 Å². The summed E-state index contributed by atoms with van der Waals surface area (Å²) < 4.78 is 4.43. The molecule has 1 fully saturated rings. The molecule has 0 heterocycles. The number of aliphatic carboxylic acids is 1. The Morgan fingerprint density at radius 2 is 1.67 bits per heavy atom. The number of ether oxygens (including phenoxy) is 1. The molecule has 0 amide bonds.